The zero-order chi connectivity index (χ0) is 23.2. The first-order valence-electron chi connectivity index (χ1n) is 11.2. The number of aromatic nitrogens is 2. The van der Waals surface area contributed by atoms with Crippen LogP contribution >= 0.6 is 0 Å². The summed E-state index contributed by atoms with van der Waals surface area (Å²) in [6.07, 6.45) is 0.239. The Balaban J connectivity index is 1.34. The highest BCUT2D eigenvalue weighted by molar-refractivity contribution is 5.79. The molecule has 2 atom stereocenters. The molecule has 0 spiro atoms. The quantitative estimate of drug-likeness (QED) is 0.598. The van der Waals surface area contributed by atoms with Crippen LogP contribution in [0.25, 0.3) is 11.4 Å². The minimum atomic E-state index is -0.331. The summed E-state index contributed by atoms with van der Waals surface area (Å²) >= 11 is 0. The normalized spacial score (nSPS) is 16.2. The third kappa shape index (κ3) is 5.64. The van der Waals surface area contributed by atoms with Crippen LogP contribution in [-0.2, 0) is 9.59 Å². The van der Waals surface area contributed by atoms with Gasteiger partial charge in [0.15, 0.2) is 0 Å². The lowest BCUT2D eigenvalue weighted by molar-refractivity contribution is -0.134. The molecule has 1 aliphatic rings. The minimum absolute atomic E-state index is 0.0362. The zero-order valence-electron chi connectivity index (χ0n) is 19.0. The van der Waals surface area contributed by atoms with Gasteiger partial charge in [-0.2, -0.15) is 4.98 Å². The number of nitrogens with one attached hydrogen (secondary N) is 1. The largest absolute Gasteiger partial charge is 0.349 e. The molecule has 2 amide bonds. The average Bonchev–Trinajstić information content (AvgIpc) is 3.34. The molecule has 8 heteroatoms. The average molecular weight is 448 g/mol. The topological polar surface area (TPSA) is 91.6 Å². The fourth-order valence-electron chi connectivity index (χ4n) is 4.11. The molecule has 2 heterocycles. The van der Waals surface area contributed by atoms with Gasteiger partial charge in [-0.05, 0) is 12.5 Å². The van der Waals surface area contributed by atoms with E-state index in [4.69, 9.17) is 4.52 Å². The number of nitrogens with zero attached hydrogens (tertiary/aromatic N) is 4. The Morgan fingerprint density at radius 1 is 1.00 bits per heavy atom. The van der Waals surface area contributed by atoms with E-state index < -0.39 is 0 Å². The highest BCUT2D eigenvalue weighted by atomic mass is 16.5. The molecule has 0 radical (unpaired) electrons. The van der Waals surface area contributed by atoms with E-state index in [1.165, 1.54) is 6.92 Å². The van der Waals surface area contributed by atoms with Crippen molar-refractivity contribution in [1.82, 2.24) is 25.3 Å². The Labute approximate surface area is 193 Å². The van der Waals surface area contributed by atoms with Gasteiger partial charge in [0.05, 0.1) is 18.5 Å². The van der Waals surface area contributed by atoms with E-state index in [0.717, 1.165) is 11.1 Å². The summed E-state index contributed by atoms with van der Waals surface area (Å²) in [5, 5.41) is 7.02. The van der Waals surface area contributed by atoms with E-state index in [-0.39, 0.29) is 30.3 Å². The lowest BCUT2D eigenvalue weighted by Gasteiger charge is -2.37. The summed E-state index contributed by atoms with van der Waals surface area (Å²) < 4.78 is 5.52. The molecule has 33 heavy (non-hydrogen) atoms. The monoisotopic (exact) mass is 447 g/mol. The highest BCUT2D eigenvalue weighted by Gasteiger charge is 2.29. The van der Waals surface area contributed by atoms with Crippen LogP contribution in [0, 0.1) is 0 Å². The number of piperazine rings is 1. The molecule has 3 aromatic rings. The van der Waals surface area contributed by atoms with Gasteiger partial charge in [0.25, 0.3) is 0 Å². The van der Waals surface area contributed by atoms with Gasteiger partial charge in [-0.25, -0.2) is 0 Å². The fourth-order valence-corrected chi connectivity index (χ4v) is 4.11. The molecular weight excluding hydrogens is 418 g/mol. The number of benzene rings is 2. The van der Waals surface area contributed by atoms with Crippen LogP contribution in [0.4, 0.5) is 0 Å². The second-order valence-corrected chi connectivity index (χ2v) is 8.28. The molecule has 0 aliphatic carbocycles. The third-order valence-electron chi connectivity index (χ3n) is 6.00. The number of amides is 2. The third-order valence-corrected chi connectivity index (χ3v) is 6.00. The molecule has 1 N–H and O–H groups in total. The number of hydrogen-bond donors (Lipinski definition) is 1. The summed E-state index contributed by atoms with van der Waals surface area (Å²) in [6, 6.07) is 19.0. The van der Waals surface area contributed by atoms with E-state index in [9.17, 15) is 9.59 Å². The second kappa shape index (κ2) is 10.4. The molecule has 2 unspecified atom stereocenters. The lowest BCUT2D eigenvalue weighted by atomic mass is 10.0. The molecule has 172 valence electrons. The Hall–Kier alpha value is -3.52. The molecule has 1 aliphatic heterocycles. The molecule has 0 bridgehead atoms. The van der Waals surface area contributed by atoms with Crippen LogP contribution in [0.15, 0.2) is 65.2 Å². The summed E-state index contributed by atoms with van der Waals surface area (Å²) in [5.74, 6) is 1.04. The van der Waals surface area contributed by atoms with Crippen molar-refractivity contribution < 1.29 is 14.1 Å². The van der Waals surface area contributed by atoms with E-state index >= 15 is 0 Å². The van der Waals surface area contributed by atoms with Crippen molar-refractivity contribution in [3.8, 4) is 11.4 Å². The maximum Gasteiger partial charge on any atom is 0.244 e. The van der Waals surface area contributed by atoms with Crippen LogP contribution in [0.2, 0.25) is 0 Å². The van der Waals surface area contributed by atoms with E-state index in [2.05, 4.69) is 20.4 Å². The Bertz CT molecular complexity index is 1060. The number of carbonyl (C=O) groups excluding carboxylic acids is 2. The first-order chi connectivity index (χ1) is 16.0. The van der Waals surface area contributed by atoms with Crippen molar-refractivity contribution in [2.24, 2.45) is 0 Å². The van der Waals surface area contributed by atoms with Crippen molar-refractivity contribution in [3.63, 3.8) is 0 Å². The highest BCUT2D eigenvalue weighted by Crippen LogP contribution is 2.24. The first kappa shape index (κ1) is 22.7. The van der Waals surface area contributed by atoms with Gasteiger partial charge in [-0.1, -0.05) is 65.8 Å². The Morgan fingerprint density at radius 3 is 2.27 bits per heavy atom. The number of rotatable bonds is 7. The van der Waals surface area contributed by atoms with Crippen LogP contribution in [0.1, 0.15) is 43.8 Å². The maximum atomic E-state index is 13.0. The lowest BCUT2D eigenvalue weighted by Crippen LogP contribution is -2.50. The summed E-state index contributed by atoms with van der Waals surface area (Å²) in [5.41, 5.74) is 1.85. The molecule has 1 aromatic heterocycles. The van der Waals surface area contributed by atoms with Crippen molar-refractivity contribution in [2.45, 2.75) is 32.4 Å². The van der Waals surface area contributed by atoms with E-state index in [0.29, 0.717) is 37.9 Å². The van der Waals surface area contributed by atoms with Gasteiger partial charge < -0.3 is 14.7 Å². The van der Waals surface area contributed by atoms with E-state index in [1.54, 1.807) is 0 Å². The minimum Gasteiger partial charge on any atom is -0.349 e. The van der Waals surface area contributed by atoms with Crippen molar-refractivity contribution in [2.75, 3.05) is 26.2 Å². The van der Waals surface area contributed by atoms with E-state index in [1.807, 2.05) is 72.5 Å². The maximum absolute atomic E-state index is 13.0. The van der Waals surface area contributed by atoms with Crippen molar-refractivity contribution in [3.05, 3.63) is 72.1 Å². The van der Waals surface area contributed by atoms with Gasteiger partial charge >= 0.3 is 0 Å². The van der Waals surface area contributed by atoms with Crippen molar-refractivity contribution in [1.29, 1.82) is 0 Å². The first-order valence-corrected chi connectivity index (χ1v) is 11.2. The van der Waals surface area contributed by atoms with Gasteiger partial charge in [0.2, 0.25) is 23.5 Å². The molecule has 0 saturated carbocycles. The van der Waals surface area contributed by atoms with Crippen LogP contribution in [-0.4, -0.2) is 57.9 Å². The molecule has 4 rings (SSSR count). The summed E-state index contributed by atoms with van der Waals surface area (Å²) in [7, 11) is 0. The van der Waals surface area contributed by atoms with Gasteiger partial charge in [0, 0.05) is 38.7 Å². The Kier molecular flexibility index (Phi) is 7.14. The Morgan fingerprint density at radius 2 is 1.64 bits per heavy atom. The van der Waals surface area contributed by atoms with Gasteiger partial charge in [-0.15, -0.1) is 0 Å². The predicted molar refractivity (Wildman–Crippen MR) is 124 cm³/mol. The smallest absolute Gasteiger partial charge is 0.244 e. The van der Waals surface area contributed by atoms with Crippen LogP contribution < -0.4 is 5.32 Å². The fraction of sp³-hybridized carbons (Fsp3) is 0.360. The standard InChI is InChI=1S/C25H29N5O3/c1-18(25-27-24(28-33-25)21-11-7-4-8-12-21)29-13-15-30(16-14-29)23(32)17-22(26-19(2)31)20-9-5-3-6-10-20/h3-12,18,22H,13-17H2,1-2H3,(H,26,31). The zero-order valence-corrected chi connectivity index (χ0v) is 19.0. The van der Waals surface area contributed by atoms with Gasteiger partial charge in [0.1, 0.15) is 0 Å². The van der Waals surface area contributed by atoms with Gasteiger partial charge in [-0.3, -0.25) is 14.5 Å². The molecule has 2 aromatic carbocycles. The summed E-state index contributed by atoms with van der Waals surface area (Å²) in [6.45, 7) is 6.18. The van der Waals surface area contributed by atoms with Crippen molar-refractivity contribution >= 4 is 11.8 Å². The number of carbonyl (C=O) groups is 2. The SMILES string of the molecule is CC(=O)NC(CC(=O)N1CCN(C(C)c2nc(-c3ccccc3)no2)CC1)c1ccccc1. The summed E-state index contributed by atoms with van der Waals surface area (Å²) in [4.78, 5) is 33.3. The second-order valence-electron chi connectivity index (χ2n) is 8.28. The molecule has 8 nitrogen and oxygen atoms in total. The predicted octanol–water partition coefficient (Wildman–Crippen LogP) is 3.21. The molecule has 1 fully saturated rings. The van der Waals surface area contributed by atoms with Crippen LogP contribution in [0.5, 0.6) is 0 Å². The van der Waals surface area contributed by atoms with Crippen LogP contribution in [0.3, 0.4) is 0 Å². The molecular formula is C25H29N5O3. The molecule has 1 saturated heterocycles. The number of hydrogen-bond acceptors (Lipinski definition) is 6.